The van der Waals surface area contributed by atoms with Crippen molar-refractivity contribution in [2.75, 3.05) is 11.9 Å². The second-order valence-electron chi connectivity index (χ2n) is 4.19. The second kappa shape index (κ2) is 5.56. The summed E-state index contributed by atoms with van der Waals surface area (Å²) in [5.41, 5.74) is 2.14. The summed E-state index contributed by atoms with van der Waals surface area (Å²) in [5.74, 6) is 0. The number of halogens is 1. The highest BCUT2D eigenvalue weighted by Crippen LogP contribution is 2.28. The van der Waals surface area contributed by atoms with Crippen LogP contribution < -0.4 is 5.32 Å². The van der Waals surface area contributed by atoms with E-state index < -0.39 is 0 Å². The predicted octanol–water partition coefficient (Wildman–Crippen LogP) is 4.48. The van der Waals surface area contributed by atoms with Crippen LogP contribution in [0, 0.1) is 6.92 Å². The molecule has 0 aliphatic rings. The van der Waals surface area contributed by atoms with Gasteiger partial charge in [0.15, 0.2) is 5.13 Å². The largest absolute Gasteiger partial charge is 0.361 e. The van der Waals surface area contributed by atoms with E-state index in [4.69, 9.17) is 0 Å². The molecular formula is C13H12BrN3S2. The van der Waals surface area contributed by atoms with E-state index >= 15 is 0 Å². The number of aromatic nitrogens is 2. The van der Waals surface area contributed by atoms with E-state index in [0.717, 1.165) is 33.8 Å². The molecule has 0 saturated heterocycles. The van der Waals surface area contributed by atoms with E-state index in [9.17, 15) is 0 Å². The van der Waals surface area contributed by atoms with Gasteiger partial charge in [0.2, 0.25) is 0 Å². The summed E-state index contributed by atoms with van der Waals surface area (Å²) in [7, 11) is 0. The lowest BCUT2D eigenvalue weighted by Crippen LogP contribution is -2.04. The normalized spacial score (nSPS) is 11.1. The summed E-state index contributed by atoms with van der Waals surface area (Å²) in [6.45, 7) is 2.90. The van der Waals surface area contributed by atoms with Crippen molar-refractivity contribution in [3.05, 3.63) is 38.8 Å². The van der Waals surface area contributed by atoms with Crippen LogP contribution in [0.4, 0.5) is 5.13 Å². The zero-order valence-corrected chi connectivity index (χ0v) is 13.5. The quantitative estimate of drug-likeness (QED) is 0.751. The van der Waals surface area contributed by atoms with Crippen LogP contribution in [0.15, 0.2) is 28.1 Å². The maximum absolute atomic E-state index is 4.56. The molecule has 3 nitrogen and oxygen atoms in total. The fourth-order valence-electron chi connectivity index (χ4n) is 1.77. The Morgan fingerprint density at radius 3 is 3.00 bits per heavy atom. The molecule has 0 saturated carbocycles. The fraction of sp³-hybridized carbons (Fsp3) is 0.231. The van der Waals surface area contributed by atoms with E-state index in [2.05, 4.69) is 42.7 Å². The molecule has 0 spiro atoms. The number of aryl methyl sites for hydroxylation is 1. The molecular weight excluding hydrogens is 342 g/mol. The minimum atomic E-state index is 0.869. The first-order chi connectivity index (χ1) is 9.20. The molecule has 3 rings (SSSR count). The first kappa shape index (κ1) is 13.0. The molecule has 6 heteroatoms. The Bertz CT molecular complexity index is 705. The van der Waals surface area contributed by atoms with Gasteiger partial charge < -0.3 is 5.32 Å². The Balaban J connectivity index is 1.65. The highest BCUT2D eigenvalue weighted by Gasteiger charge is 2.04. The number of benzene rings is 1. The van der Waals surface area contributed by atoms with Crippen molar-refractivity contribution in [2.24, 2.45) is 0 Å². The number of thiazole rings is 2. The molecule has 0 bridgehead atoms. The monoisotopic (exact) mass is 353 g/mol. The smallest absolute Gasteiger partial charge is 0.183 e. The highest BCUT2D eigenvalue weighted by atomic mass is 79.9. The van der Waals surface area contributed by atoms with E-state index in [1.807, 2.05) is 19.1 Å². The molecule has 0 fully saturated rings. The van der Waals surface area contributed by atoms with Gasteiger partial charge in [0.1, 0.15) is 0 Å². The molecule has 2 aromatic heterocycles. The van der Waals surface area contributed by atoms with Crippen LogP contribution in [0.5, 0.6) is 0 Å². The SMILES string of the molecule is Cc1csc(CCNc2nc3ccc(Br)cc3s2)n1. The summed E-state index contributed by atoms with van der Waals surface area (Å²) < 4.78 is 2.29. The summed E-state index contributed by atoms with van der Waals surface area (Å²) in [6, 6.07) is 6.15. The standard InChI is InChI=1S/C13H12BrN3S2/c1-8-7-18-12(16-8)4-5-15-13-17-10-3-2-9(14)6-11(10)19-13/h2-3,6-7H,4-5H2,1H3,(H,15,17). The molecule has 0 unspecified atom stereocenters. The van der Waals surface area contributed by atoms with Crippen LogP contribution >= 0.6 is 38.6 Å². The Labute approximate surface area is 127 Å². The van der Waals surface area contributed by atoms with Gasteiger partial charge in [-0.1, -0.05) is 27.3 Å². The van der Waals surface area contributed by atoms with Crippen LogP contribution in [0.25, 0.3) is 10.2 Å². The van der Waals surface area contributed by atoms with Gasteiger partial charge >= 0.3 is 0 Å². The van der Waals surface area contributed by atoms with Crippen LogP contribution in [0.2, 0.25) is 0 Å². The van der Waals surface area contributed by atoms with Gasteiger partial charge in [-0.05, 0) is 25.1 Å². The van der Waals surface area contributed by atoms with Gasteiger partial charge in [0.25, 0.3) is 0 Å². The van der Waals surface area contributed by atoms with Gasteiger partial charge in [0, 0.05) is 28.5 Å². The number of anilines is 1. The van der Waals surface area contributed by atoms with E-state index in [-0.39, 0.29) is 0 Å². The average molecular weight is 354 g/mol. The summed E-state index contributed by atoms with van der Waals surface area (Å²) in [6.07, 6.45) is 0.943. The molecule has 1 N–H and O–H groups in total. The lowest BCUT2D eigenvalue weighted by Gasteiger charge is -1.99. The Hall–Kier alpha value is -0.980. The first-order valence-corrected chi connectivity index (χ1v) is 8.40. The zero-order chi connectivity index (χ0) is 13.2. The molecule has 0 aliphatic heterocycles. The molecule has 3 aromatic rings. The van der Waals surface area contributed by atoms with Gasteiger partial charge in [-0.2, -0.15) is 0 Å². The van der Waals surface area contributed by atoms with Gasteiger partial charge in [0.05, 0.1) is 15.2 Å². The fourth-order valence-corrected chi connectivity index (χ4v) is 3.99. The second-order valence-corrected chi connectivity index (χ2v) is 7.08. The highest BCUT2D eigenvalue weighted by molar-refractivity contribution is 9.10. The third-order valence-corrected chi connectivity index (χ3v) is 5.13. The average Bonchev–Trinajstić information content (AvgIpc) is 2.95. The number of fused-ring (bicyclic) bond motifs is 1. The Morgan fingerprint density at radius 1 is 1.32 bits per heavy atom. The van der Waals surface area contributed by atoms with Crippen molar-refractivity contribution >= 4 is 54.0 Å². The lowest BCUT2D eigenvalue weighted by atomic mass is 10.3. The number of hydrogen-bond donors (Lipinski definition) is 1. The number of rotatable bonds is 4. The van der Waals surface area contributed by atoms with E-state index in [0.29, 0.717) is 0 Å². The summed E-state index contributed by atoms with van der Waals surface area (Å²) in [4.78, 5) is 9.01. The predicted molar refractivity (Wildman–Crippen MR) is 86.4 cm³/mol. The van der Waals surface area contributed by atoms with Gasteiger partial charge in [-0.25, -0.2) is 9.97 Å². The molecule has 19 heavy (non-hydrogen) atoms. The third kappa shape index (κ3) is 3.13. The Kier molecular flexibility index (Phi) is 3.81. The van der Waals surface area contributed by atoms with Crippen molar-refractivity contribution in [3.63, 3.8) is 0 Å². The van der Waals surface area contributed by atoms with Crippen LogP contribution in [0.1, 0.15) is 10.7 Å². The molecule has 98 valence electrons. The van der Waals surface area contributed by atoms with Crippen molar-refractivity contribution < 1.29 is 0 Å². The molecule has 2 heterocycles. The molecule has 0 radical (unpaired) electrons. The van der Waals surface area contributed by atoms with E-state index in [1.165, 1.54) is 9.71 Å². The lowest BCUT2D eigenvalue weighted by molar-refractivity contribution is 0.985. The van der Waals surface area contributed by atoms with Crippen LogP contribution in [-0.2, 0) is 6.42 Å². The van der Waals surface area contributed by atoms with Crippen LogP contribution in [0.3, 0.4) is 0 Å². The van der Waals surface area contributed by atoms with E-state index in [1.54, 1.807) is 22.7 Å². The minimum Gasteiger partial charge on any atom is -0.361 e. The van der Waals surface area contributed by atoms with Crippen molar-refractivity contribution in [2.45, 2.75) is 13.3 Å². The maximum atomic E-state index is 4.56. The van der Waals surface area contributed by atoms with Gasteiger partial charge in [-0.3, -0.25) is 0 Å². The number of nitrogens with zero attached hydrogens (tertiary/aromatic N) is 2. The minimum absolute atomic E-state index is 0.869. The maximum Gasteiger partial charge on any atom is 0.183 e. The molecule has 0 amide bonds. The third-order valence-electron chi connectivity index (χ3n) is 2.63. The van der Waals surface area contributed by atoms with Crippen molar-refractivity contribution in [3.8, 4) is 0 Å². The molecule has 0 atom stereocenters. The first-order valence-electron chi connectivity index (χ1n) is 5.92. The summed E-state index contributed by atoms with van der Waals surface area (Å²) >= 11 is 6.88. The molecule has 1 aromatic carbocycles. The zero-order valence-electron chi connectivity index (χ0n) is 10.3. The topological polar surface area (TPSA) is 37.8 Å². The van der Waals surface area contributed by atoms with Crippen LogP contribution in [-0.4, -0.2) is 16.5 Å². The number of hydrogen-bond acceptors (Lipinski definition) is 5. The summed E-state index contributed by atoms with van der Waals surface area (Å²) in [5, 5.41) is 7.61. The Morgan fingerprint density at radius 2 is 2.21 bits per heavy atom. The van der Waals surface area contributed by atoms with Crippen molar-refractivity contribution in [1.82, 2.24) is 9.97 Å². The van der Waals surface area contributed by atoms with Gasteiger partial charge in [-0.15, -0.1) is 11.3 Å². The molecule has 0 aliphatic carbocycles. The number of nitrogens with one attached hydrogen (secondary N) is 1. The van der Waals surface area contributed by atoms with Crippen molar-refractivity contribution in [1.29, 1.82) is 0 Å².